The Balaban J connectivity index is 1.40. The Hall–Kier alpha value is -4.56. The maximum absolute atomic E-state index is 12.7. The third-order valence-electron chi connectivity index (χ3n) is 5.52. The van der Waals surface area contributed by atoms with E-state index in [9.17, 15) is 14.4 Å². The van der Waals surface area contributed by atoms with Gasteiger partial charge in [0, 0.05) is 33.5 Å². The predicted octanol–water partition coefficient (Wildman–Crippen LogP) is 5.17. The molecule has 172 valence electrons. The normalized spacial score (nSPS) is 12.3. The van der Waals surface area contributed by atoms with Crippen LogP contribution in [0.3, 0.4) is 0 Å². The van der Waals surface area contributed by atoms with E-state index in [1.54, 1.807) is 42.5 Å². The van der Waals surface area contributed by atoms with Crippen molar-refractivity contribution in [1.82, 2.24) is 0 Å². The lowest BCUT2D eigenvalue weighted by molar-refractivity contribution is 0.0734. The van der Waals surface area contributed by atoms with Crippen molar-refractivity contribution in [2.24, 2.45) is 0 Å². The van der Waals surface area contributed by atoms with Gasteiger partial charge < -0.3 is 23.0 Å². The highest BCUT2D eigenvalue weighted by molar-refractivity contribution is 6.31. The highest BCUT2D eigenvalue weighted by Crippen LogP contribution is 2.34. The van der Waals surface area contributed by atoms with Crippen molar-refractivity contribution in [1.29, 1.82) is 0 Å². The number of esters is 1. The molecule has 2 aromatic heterocycles. The van der Waals surface area contributed by atoms with E-state index < -0.39 is 17.2 Å². The summed E-state index contributed by atoms with van der Waals surface area (Å²) in [6.07, 6.45) is 0. The summed E-state index contributed by atoms with van der Waals surface area (Å²) in [4.78, 5) is 37.6. The molecule has 0 bridgehead atoms. The second-order valence-electron chi connectivity index (χ2n) is 7.72. The molecular formula is C26H13ClO8. The Morgan fingerprint density at radius 2 is 1.66 bits per heavy atom. The first-order valence-electron chi connectivity index (χ1n) is 10.4. The summed E-state index contributed by atoms with van der Waals surface area (Å²) in [6.45, 7) is 0.0858. The number of benzene rings is 3. The number of hydrogen-bond donors (Lipinski definition) is 0. The number of fused-ring (bicyclic) bond motifs is 3. The molecule has 1 aliphatic heterocycles. The lowest BCUT2D eigenvalue weighted by Crippen LogP contribution is -2.09. The van der Waals surface area contributed by atoms with E-state index >= 15 is 0 Å². The minimum Gasteiger partial charge on any atom is -0.454 e. The molecule has 0 amide bonds. The van der Waals surface area contributed by atoms with Crippen molar-refractivity contribution in [3.05, 3.63) is 98.2 Å². The number of ether oxygens (including phenoxy) is 3. The topological polar surface area (TPSA) is 105 Å². The van der Waals surface area contributed by atoms with Crippen molar-refractivity contribution in [2.45, 2.75) is 0 Å². The maximum Gasteiger partial charge on any atom is 0.344 e. The molecule has 3 heterocycles. The molecular weight excluding hydrogens is 476 g/mol. The van der Waals surface area contributed by atoms with Crippen LogP contribution in [0.2, 0.25) is 5.02 Å². The monoisotopic (exact) mass is 488 g/mol. The first kappa shape index (κ1) is 21.0. The number of carbonyl (C=O) groups is 1. The molecule has 0 aliphatic carbocycles. The van der Waals surface area contributed by atoms with Gasteiger partial charge in [0.05, 0.1) is 11.1 Å². The molecule has 6 rings (SSSR count). The molecule has 9 heteroatoms. The number of carbonyl (C=O) groups excluding carboxylic acids is 1. The van der Waals surface area contributed by atoms with E-state index in [0.29, 0.717) is 38.4 Å². The highest BCUT2D eigenvalue weighted by Gasteiger charge is 2.19. The summed E-state index contributed by atoms with van der Waals surface area (Å²) in [7, 11) is 0. The van der Waals surface area contributed by atoms with Crippen LogP contribution in [-0.2, 0) is 0 Å². The van der Waals surface area contributed by atoms with Gasteiger partial charge in [-0.05, 0) is 54.6 Å². The van der Waals surface area contributed by atoms with Crippen LogP contribution >= 0.6 is 11.6 Å². The van der Waals surface area contributed by atoms with Gasteiger partial charge in [-0.15, -0.1) is 0 Å². The Morgan fingerprint density at radius 3 is 2.54 bits per heavy atom. The first-order chi connectivity index (χ1) is 16.9. The lowest BCUT2D eigenvalue weighted by atomic mass is 10.0. The van der Waals surface area contributed by atoms with Crippen molar-refractivity contribution in [2.75, 3.05) is 6.79 Å². The van der Waals surface area contributed by atoms with Gasteiger partial charge in [0.1, 0.15) is 16.9 Å². The standard InChI is InChI=1S/C26H13ClO8/c27-15-2-6-20-14(7-15)8-19(26(30)35-20)18-11-24(28)34-22-10-16(3-4-17(18)22)33-25(29)13-1-5-21-23(9-13)32-12-31-21/h1-11H,12H2. The van der Waals surface area contributed by atoms with Crippen LogP contribution in [-0.4, -0.2) is 12.8 Å². The van der Waals surface area contributed by atoms with Crippen molar-refractivity contribution < 1.29 is 27.8 Å². The lowest BCUT2D eigenvalue weighted by Gasteiger charge is -2.09. The first-order valence-corrected chi connectivity index (χ1v) is 10.8. The Bertz CT molecular complexity index is 1780. The van der Waals surface area contributed by atoms with Gasteiger partial charge in [-0.1, -0.05) is 11.6 Å². The van der Waals surface area contributed by atoms with Crippen LogP contribution in [0.15, 0.2) is 85.2 Å². The summed E-state index contributed by atoms with van der Waals surface area (Å²) in [5, 5.41) is 1.53. The second kappa shape index (κ2) is 8.03. The zero-order valence-electron chi connectivity index (χ0n) is 17.7. The smallest absolute Gasteiger partial charge is 0.344 e. The van der Waals surface area contributed by atoms with Crippen LogP contribution < -0.4 is 25.5 Å². The summed E-state index contributed by atoms with van der Waals surface area (Å²) >= 11 is 6.07. The van der Waals surface area contributed by atoms with Crippen molar-refractivity contribution >= 4 is 39.5 Å². The highest BCUT2D eigenvalue weighted by atomic mass is 35.5. The van der Waals surface area contributed by atoms with Crippen LogP contribution in [0.25, 0.3) is 33.1 Å². The van der Waals surface area contributed by atoms with E-state index in [1.807, 2.05) is 0 Å². The van der Waals surface area contributed by atoms with Gasteiger partial charge in [0.2, 0.25) is 6.79 Å². The van der Waals surface area contributed by atoms with E-state index in [4.69, 9.17) is 34.6 Å². The molecule has 0 unspecified atom stereocenters. The Kier molecular flexibility index (Phi) is 4.82. The van der Waals surface area contributed by atoms with Crippen molar-refractivity contribution in [3.8, 4) is 28.4 Å². The summed E-state index contributed by atoms with van der Waals surface area (Å²) in [6, 6.07) is 16.9. The third kappa shape index (κ3) is 3.79. The summed E-state index contributed by atoms with van der Waals surface area (Å²) < 4.78 is 26.7. The molecule has 35 heavy (non-hydrogen) atoms. The molecule has 0 atom stereocenters. The third-order valence-corrected chi connectivity index (χ3v) is 5.75. The Morgan fingerprint density at radius 1 is 0.800 bits per heavy atom. The van der Waals surface area contributed by atoms with Gasteiger partial charge in [-0.25, -0.2) is 14.4 Å². The largest absolute Gasteiger partial charge is 0.454 e. The molecule has 1 aliphatic rings. The molecule has 5 aromatic rings. The van der Waals surface area contributed by atoms with Crippen LogP contribution in [0.4, 0.5) is 0 Å². The quantitative estimate of drug-likeness (QED) is 0.194. The summed E-state index contributed by atoms with van der Waals surface area (Å²) in [5.41, 5.74) is -0.0511. The van der Waals surface area contributed by atoms with E-state index in [1.165, 1.54) is 24.3 Å². The number of hydrogen-bond acceptors (Lipinski definition) is 8. The van der Waals surface area contributed by atoms with Gasteiger partial charge >= 0.3 is 17.2 Å². The minimum absolute atomic E-state index is 0.0858. The molecule has 0 N–H and O–H groups in total. The van der Waals surface area contributed by atoms with Crippen LogP contribution in [0.5, 0.6) is 17.2 Å². The van der Waals surface area contributed by atoms with E-state index in [2.05, 4.69) is 0 Å². The van der Waals surface area contributed by atoms with E-state index in [0.717, 1.165) is 0 Å². The fraction of sp³-hybridized carbons (Fsp3) is 0.0385. The molecule has 0 saturated carbocycles. The molecule has 0 radical (unpaired) electrons. The molecule has 0 saturated heterocycles. The van der Waals surface area contributed by atoms with Crippen molar-refractivity contribution in [3.63, 3.8) is 0 Å². The van der Waals surface area contributed by atoms with Gasteiger partial charge in [0.15, 0.2) is 11.5 Å². The molecule has 0 spiro atoms. The second-order valence-corrected chi connectivity index (χ2v) is 8.16. The Labute approximate surface area is 200 Å². The predicted molar refractivity (Wildman–Crippen MR) is 126 cm³/mol. The van der Waals surface area contributed by atoms with Gasteiger partial charge in [-0.3, -0.25) is 0 Å². The molecule has 8 nitrogen and oxygen atoms in total. The van der Waals surface area contributed by atoms with Gasteiger partial charge in [0.25, 0.3) is 0 Å². The number of rotatable bonds is 3. The van der Waals surface area contributed by atoms with E-state index in [-0.39, 0.29) is 29.3 Å². The zero-order chi connectivity index (χ0) is 24.1. The maximum atomic E-state index is 12.7. The zero-order valence-corrected chi connectivity index (χ0v) is 18.5. The van der Waals surface area contributed by atoms with Gasteiger partial charge in [-0.2, -0.15) is 0 Å². The molecule has 3 aromatic carbocycles. The SMILES string of the molecule is O=C(Oc1ccc2c(-c3cc4cc(Cl)ccc4oc3=O)cc(=O)oc2c1)c1ccc2c(c1)OCO2. The fourth-order valence-electron chi connectivity index (χ4n) is 3.90. The minimum atomic E-state index is -0.683. The number of halogens is 1. The van der Waals surface area contributed by atoms with Crippen LogP contribution in [0, 0.1) is 0 Å². The average molecular weight is 489 g/mol. The van der Waals surface area contributed by atoms with Crippen LogP contribution in [0.1, 0.15) is 10.4 Å². The summed E-state index contributed by atoms with van der Waals surface area (Å²) in [5.74, 6) is 0.511. The fourth-order valence-corrected chi connectivity index (χ4v) is 4.08. The molecule has 0 fully saturated rings. The average Bonchev–Trinajstić information content (AvgIpc) is 3.31.